The number of halogens is 3. The van der Waals surface area contributed by atoms with Crippen LogP contribution in [0.15, 0.2) is 0 Å². The van der Waals surface area contributed by atoms with Gasteiger partial charge in [0.15, 0.2) is 0 Å². The summed E-state index contributed by atoms with van der Waals surface area (Å²) in [6, 6.07) is 0. The first kappa shape index (κ1) is 65.7. The maximum atomic E-state index is 0. The topological polar surface area (TPSA) is 0 Å². The van der Waals surface area contributed by atoms with Crippen LogP contribution in [0.4, 0.5) is 0 Å². The molecule has 0 spiro atoms. The third-order valence-electron chi connectivity index (χ3n) is 0. The van der Waals surface area contributed by atoms with Crippen molar-refractivity contribution in [2.75, 3.05) is 0 Å². The first-order valence-corrected chi connectivity index (χ1v) is 0. The van der Waals surface area contributed by atoms with Crippen molar-refractivity contribution in [2.24, 2.45) is 0 Å². The van der Waals surface area contributed by atoms with E-state index in [1.165, 1.54) is 0 Å². The van der Waals surface area contributed by atoms with Gasteiger partial charge in [-0.05, 0) is 0 Å². The maximum absolute atomic E-state index is 0. The van der Waals surface area contributed by atoms with Crippen LogP contribution < -0.4 is 37.2 Å². The zero-order chi connectivity index (χ0) is 0. The Morgan fingerprint density at radius 3 is 0.600 bits per heavy atom. The minimum atomic E-state index is 0. The molecule has 35 valence electrons. The predicted octanol–water partition coefficient (Wildman–Crippen LogP) is -8.13. The van der Waals surface area contributed by atoms with E-state index in [4.69, 9.17) is 0 Å². The van der Waals surface area contributed by atoms with E-state index in [-0.39, 0.29) is 66.6 Å². The van der Waals surface area contributed by atoms with Crippen LogP contribution in [0, 0.1) is 0 Å². The summed E-state index contributed by atoms with van der Waals surface area (Å²) in [5.74, 6) is 0. The molecule has 0 amide bonds. The van der Waals surface area contributed by atoms with Gasteiger partial charge in [0, 0.05) is 9.90 Å². The molecule has 0 aliphatic carbocycles. The molecule has 0 fully saturated rings. The van der Waals surface area contributed by atoms with Crippen molar-refractivity contribution in [3.8, 4) is 0 Å². The molecule has 0 bridgehead atoms. The van der Waals surface area contributed by atoms with Crippen molar-refractivity contribution in [1.82, 2.24) is 0 Å². The molecule has 0 aromatic carbocycles. The van der Waals surface area contributed by atoms with E-state index in [9.17, 15) is 0 Å². The molecule has 0 N–H and O–H groups in total. The van der Waals surface area contributed by atoms with Gasteiger partial charge >= 0.3 is 19.5 Å². The van der Waals surface area contributed by atoms with Crippen LogP contribution in [-0.2, 0) is 19.5 Å². The van der Waals surface area contributed by atoms with Crippen LogP contribution >= 0.6 is 9.90 Å². The Labute approximate surface area is 66.5 Å². The van der Waals surface area contributed by atoms with E-state index in [1.807, 2.05) is 0 Å². The molecule has 0 saturated carbocycles. The number of hydrogen-bond acceptors (Lipinski definition) is 0. The van der Waals surface area contributed by atoms with Gasteiger partial charge in [0.2, 0.25) is 0 Å². The average Bonchev–Trinajstić information content (AvgIpc) is 0. The fraction of sp³-hybridized carbons (Fsp3) is 0. The van der Waals surface area contributed by atoms with E-state index in [0.29, 0.717) is 0 Å². The number of rotatable bonds is 0. The van der Waals surface area contributed by atoms with Crippen LogP contribution in [0.2, 0.25) is 0 Å². The molecule has 0 unspecified atom stereocenters. The Morgan fingerprint density at radius 2 is 0.600 bits per heavy atom. The zero-order valence-electron chi connectivity index (χ0n) is 1.91. The van der Waals surface area contributed by atoms with Gasteiger partial charge in [0.25, 0.3) is 0 Å². The van der Waals surface area contributed by atoms with Crippen LogP contribution in [0.3, 0.4) is 0 Å². The molecule has 0 nitrogen and oxygen atoms in total. The number of hydrogen-bond donors (Lipinski definition) is 0. The zero-order valence-corrected chi connectivity index (χ0v) is 6.72. The minimum absolute atomic E-state index is 0. The van der Waals surface area contributed by atoms with E-state index in [1.54, 1.807) is 0 Å². The molecule has 5 heavy (non-hydrogen) atoms. The summed E-state index contributed by atoms with van der Waals surface area (Å²) >= 11 is 0. The maximum Gasteiger partial charge on any atom is 3.00 e. The summed E-state index contributed by atoms with van der Waals surface area (Å²) in [7, 11) is 0. The van der Waals surface area contributed by atoms with Crippen LogP contribution in [0.1, 0.15) is 0 Å². The molecule has 0 aromatic rings. The van der Waals surface area contributed by atoms with Crippen molar-refractivity contribution < 1.29 is 56.7 Å². The van der Waals surface area contributed by atoms with Crippen LogP contribution in [-0.4, -0.2) is 0 Å². The molecule has 0 aliphatic heterocycles. The Morgan fingerprint density at radius 1 is 0.600 bits per heavy atom. The summed E-state index contributed by atoms with van der Waals surface area (Å²) in [5, 5.41) is 0. The Bertz CT molecular complexity index is 6.85. The molecule has 5 heteroatoms. The van der Waals surface area contributed by atoms with Gasteiger partial charge in [0.05, 0.1) is 0 Å². The summed E-state index contributed by atoms with van der Waals surface area (Å²) < 4.78 is 0. The van der Waals surface area contributed by atoms with Crippen molar-refractivity contribution in [3.05, 3.63) is 0 Å². The molecular weight excluding hydrogens is 240 g/mol. The fourth-order valence-corrected chi connectivity index (χ4v) is 0. The Balaban J connectivity index is 0. The normalized spacial score (nSPS) is 0. The summed E-state index contributed by atoms with van der Waals surface area (Å²) in [6.07, 6.45) is 0. The predicted molar refractivity (Wildman–Crippen MR) is 6.92 cm³/mol. The molecule has 0 saturated heterocycles. The first-order valence-electron chi connectivity index (χ1n) is 0. The standard InChI is InChI=1S/3ClH.P.Rh/h3*1H;;/q;;;;+3/p-3. The molecule has 0 heterocycles. The van der Waals surface area contributed by atoms with Crippen LogP contribution in [0.5, 0.6) is 0 Å². The molecule has 0 aliphatic rings. The SMILES string of the molecule is [Cl-].[Cl-].[Cl-].[P].[Rh+3]. The summed E-state index contributed by atoms with van der Waals surface area (Å²) in [5.41, 5.74) is 0. The molecule has 3 radical (unpaired) electrons. The van der Waals surface area contributed by atoms with Gasteiger partial charge in [-0.1, -0.05) is 0 Å². The summed E-state index contributed by atoms with van der Waals surface area (Å²) in [6.45, 7) is 0. The van der Waals surface area contributed by atoms with E-state index >= 15 is 0 Å². The van der Waals surface area contributed by atoms with Crippen molar-refractivity contribution >= 4 is 9.90 Å². The molecular formula is Cl3PRh. The quantitative estimate of drug-likeness (QED) is 0.291. The van der Waals surface area contributed by atoms with Gasteiger partial charge in [-0.25, -0.2) is 0 Å². The van der Waals surface area contributed by atoms with Gasteiger partial charge in [-0.2, -0.15) is 0 Å². The van der Waals surface area contributed by atoms with E-state index in [0.717, 1.165) is 0 Å². The molecule has 0 aromatic heterocycles. The second-order valence-electron chi connectivity index (χ2n) is 0. The van der Waals surface area contributed by atoms with Gasteiger partial charge in [-0.3, -0.25) is 0 Å². The summed E-state index contributed by atoms with van der Waals surface area (Å²) in [4.78, 5) is 0. The third-order valence-corrected chi connectivity index (χ3v) is 0. The Hall–Kier alpha value is 1.92. The van der Waals surface area contributed by atoms with Crippen LogP contribution in [0.25, 0.3) is 0 Å². The largest absolute Gasteiger partial charge is 3.00 e. The van der Waals surface area contributed by atoms with E-state index in [2.05, 4.69) is 0 Å². The van der Waals surface area contributed by atoms with Crippen molar-refractivity contribution in [1.29, 1.82) is 0 Å². The van der Waals surface area contributed by atoms with Crippen molar-refractivity contribution in [3.63, 3.8) is 0 Å². The smallest absolute Gasteiger partial charge is 1.00 e. The van der Waals surface area contributed by atoms with Gasteiger partial charge < -0.3 is 37.2 Å². The third kappa shape index (κ3) is 24.6. The second-order valence-corrected chi connectivity index (χ2v) is 0. The molecule has 0 rings (SSSR count). The first-order chi connectivity index (χ1) is 0. The second kappa shape index (κ2) is 38.8. The monoisotopic (exact) mass is 239 g/mol. The van der Waals surface area contributed by atoms with Gasteiger partial charge in [-0.15, -0.1) is 0 Å². The Kier molecular flexibility index (Phi) is 510. The minimum Gasteiger partial charge on any atom is -1.00 e. The molecule has 0 atom stereocenters. The van der Waals surface area contributed by atoms with Crippen molar-refractivity contribution in [2.45, 2.75) is 0 Å². The van der Waals surface area contributed by atoms with Gasteiger partial charge in [0.1, 0.15) is 0 Å². The fourth-order valence-electron chi connectivity index (χ4n) is 0. The van der Waals surface area contributed by atoms with E-state index < -0.39 is 0 Å². The average molecular weight is 240 g/mol.